The Bertz CT molecular complexity index is 951. The zero-order valence-electron chi connectivity index (χ0n) is 16.5. The van der Waals surface area contributed by atoms with Gasteiger partial charge in [-0.25, -0.2) is 4.98 Å². The summed E-state index contributed by atoms with van der Waals surface area (Å²) >= 11 is 2.85. The van der Waals surface area contributed by atoms with Crippen LogP contribution in [-0.2, 0) is 29.0 Å². The van der Waals surface area contributed by atoms with Gasteiger partial charge < -0.3 is 10.6 Å². The lowest BCUT2D eigenvalue weighted by atomic mass is 9.89. The molecule has 0 aliphatic heterocycles. The molecular formula is C19H26N4O3S2. The molecular weight excluding hydrogens is 396 g/mol. The number of nitrogens with zero attached hydrogens (tertiary/aromatic N) is 2. The molecule has 0 radical (unpaired) electrons. The molecule has 2 heterocycles. The molecule has 2 amide bonds. The van der Waals surface area contributed by atoms with Gasteiger partial charge in [0.1, 0.15) is 4.83 Å². The number of likely N-dealkylation sites (N-methyl/N-ethyl adjacent to an activating group) is 1. The molecule has 1 atom stereocenters. The molecule has 0 aromatic carbocycles. The highest BCUT2D eigenvalue weighted by atomic mass is 32.2. The highest BCUT2D eigenvalue weighted by molar-refractivity contribution is 7.99. The third-order valence-electron chi connectivity index (χ3n) is 4.85. The standard InChI is InChI=1S/C19H26N4O3S2/c1-4-20-14(24)9-21-15(25)10-27-19-22-17-16(18(26)23(19)5-2)12-7-6-11(3)8-13(12)28-17/h11H,4-10H2,1-3H3,(H,20,24)(H,21,25)/t11-/m1/s1. The van der Waals surface area contributed by atoms with Crippen LogP contribution in [-0.4, -0.2) is 40.2 Å². The van der Waals surface area contributed by atoms with Crippen LogP contribution in [0.1, 0.15) is 37.6 Å². The second-order valence-electron chi connectivity index (χ2n) is 6.99. The molecule has 0 fully saturated rings. The van der Waals surface area contributed by atoms with Gasteiger partial charge >= 0.3 is 0 Å². The van der Waals surface area contributed by atoms with Gasteiger partial charge in [-0.05, 0) is 44.6 Å². The summed E-state index contributed by atoms with van der Waals surface area (Å²) in [4.78, 5) is 43.4. The molecule has 2 aromatic heterocycles. The summed E-state index contributed by atoms with van der Waals surface area (Å²) in [5.41, 5.74) is 1.17. The summed E-state index contributed by atoms with van der Waals surface area (Å²) in [6.07, 6.45) is 3.05. The van der Waals surface area contributed by atoms with Crippen molar-refractivity contribution in [2.45, 2.75) is 51.7 Å². The largest absolute Gasteiger partial charge is 0.355 e. The molecule has 1 aliphatic carbocycles. The molecule has 28 heavy (non-hydrogen) atoms. The van der Waals surface area contributed by atoms with E-state index in [9.17, 15) is 14.4 Å². The van der Waals surface area contributed by atoms with Crippen molar-refractivity contribution in [3.63, 3.8) is 0 Å². The topological polar surface area (TPSA) is 93.1 Å². The van der Waals surface area contributed by atoms with Gasteiger partial charge in [-0.1, -0.05) is 18.7 Å². The van der Waals surface area contributed by atoms with Gasteiger partial charge in [0.05, 0.1) is 17.7 Å². The Morgan fingerprint density at radius 1 is 1.29 bits per heavy atom. The molecule has 0 saturated heterocycles. The highest BCUT2D eigenvalue weighted by Crippen LogP contribution is 2.36. The van der Waals surface area contributed by atoms with Gasteiger partial charge in [-0.15, -0.1) is 11.3 Å². The first-order valence-corrected chi connectivity index (χ1v) is 11.5. The maximum absolute atomic E-state index is 13.1. The van der Waals surface area contributed by atoms with Crippen LogP contribution in [0.3, 0.4) is 0 Å². The highest BCUT2D eigenvalue weighted by Gasteiger charge is 2.24. The van der Waals surface area contributed by atoms with Crippen LogP contribution in [0.4, 0.5) is 0 Å². The lowest BCUT2D eigenvalue weighted by Gasteiger charge is -2.17. The Hall–Kier alpha value is -1.87. The predicted octanol–water partition coefficient (Wildman–Crippen LogP) is 1.95. The number of aromatic nitrogens is 2. The summed E-state index contributed by atoms with van der Waals surface area (Å²) < 4.78 is 1.65. The average Bonchev–Trinajstić information content (AvgIpc) is 3.02. The van der Waals surface area contributed by atoms with E-state index in [0.29, 0.717) is 24.2 Å². The number of thiophene rings is 1. The predicted molar refractivity (Wildman–Crippen MR) is 113 cm³/mol. The number of thioether (sulfide) groups is 1. The van der Waals surface area contributed by atoms with Crippen molar-refractivity contribution in [3.8, 4) is 0 Å². The fraction of sp³-hybridized carbons (Fsp3) is 0.579. The average molecular weight is 423 g/mol. The van der Waals surface area contributed by atoms with Crippen LogP contribution in [0, 0.1) is 5.92 Å². The van der Waals surface area contributed by atoms with Crippen LogP contribution < -0.4 is 16.2 Å². The Labute approximate surface area is 172 Å². The van der Waals surface area contributed by atoms with E-state index < -0.39 is 0 Å². The normalized spacial score (nSPS) is 16.0. The maximum atomic E-state index is 13.1. The number of fused-ring (bicyclic) bond motifs is 3. The zero-order chi connectivity index (χ0) is 20.3. The van der Waals surface area contributed by atoms with E-state index >= 15 is 0 Å². The summed E-state index contributed by atoms with van der Waals surface area (Å²) in [7, 11) is 0. The minimum Gasteiger partial charge on any atom is -0.355 e. The maximum Gasteiger partial charge on any atom is 0.263 e. The van der Waals surface area contributed by atoms with Gasteiger partial charge in [0, 0.05) is 18.0 Å². The minimum atomic E-state index is -0.257. The molecule has 152 valence electrons. The third-order valence-corrected chi connectivity index (χ3v) is 6.97. The second kappa shape index (κ2) is 9.09. The first-order valence-electron chi connectivity index (χ1n) is 9.65. The van der Waals surface area contributed by atoms with Gasteiger partial charge in [0.2, 0.25) is 11.8 Å². The summed E-state index contributed by atoms with van der Waals surface area (Å²) in [5.74, 6) is 0.271. The van der Waals surface area contributed by atoms with Crippen molar-refractivity contribution in [1.82, 2.24) is 20.2 Å². The molecule has 0 saturated carbocycles. The molecule has 7 nitrogen and oxygen atoms in total. The van der Waals surface area contributed by atoms with E-state index in [4.69, 9.17) is 4.98 Å². The minimum absolute atomic E-state index is 0.00946. The number of rotatable bonds is 7. The second-order valence-corrected chi connectivity index (χ2v) is 9.02. The number of carbonyl (C=O) groups is 2. The Kier molecular flexibility index (Phi) is 6.77. The van der Waals surface area contributed by atoms with Crippen molar-refractivity contribution in [3.05, 3.63) is 20.8 Å². The van der Waals surface area contributed by atoms with Gasteiger partial charge in [-0.3, -0.25) is 19.0 Å². The van der Waals surface area contributed by atoms with Gasteiger partial charge in [0.15, 0.2) is 5.16 Å². The van der Waals surface area contributed by atoms with Gasteiger partial charge in [-0.2, -0.15) is 0 Å². The molecule has 9 heteroatoms. The number of amides is 2. The van der Waals surface area contributed by atoms with E-state index in [1.165, 1.54) is 22.2 Å². The quantitative estimate of drug-likeness (QED) is 0.525. The van der Waals surface area contributed by atoms with Gasteiger partial charge in [0.25, 0.3) is 5.56 Å². The molecule has 1 aliphatic rings. The van der Waals surface area contributed by atoms with E-state index in [1.807, 2.05) is 13.8 Å². The molecule has 2 N–H and O–H groups in total. The molecule has 0 unspecified atom stereocenters. The molecule has 0 spiro atoms. The van der Waals surface area contributed by atoms with Crippen molar-refractivity contribution in [2.75, 3.05) is 18.8 Å². The van der Waals surface area contributed by atoms with Crippen molar-refractivity contribution >= 4 is 45.1 Å². The van der Waals surface area contributed by atoms with E-state index in [-0.39, 0.29) is 29.7 Å². The number of hydrogen-bond acceptors (Lipinski definition) is 6. The van der Waals surface area contributed by atoms with E-state index in [2.05, 4.69) is 17.6 Å². The first-order chi connectivity index (χ1) is 13.4. The van der Waals surface area contributed by atoms with Crippen LogP contribution in [0.5, 0.6) is 0 Å². The fourth-order valence-electron chi connectivity index (χ4n) is 3.41. The van der Waals surface area contributed by atoms with E-state index in [0.717, 1.165) is 29.5 Å². The van der Waals surface area contributed by atoms with Crippen molar-refractivity contribution < 1.29 is 9.59 Å². The summed E-state index contributed by atoms with van der Waals surface area (Å²) in [6.45, 7) is 6.97. The lowest BCUT2D eigenvalue weighted by molar-refractivity contribution is -0.124. The SMILES string of the molecule is CCNC(=O)CNC(=O)CSc1nc2sc3c(c2c(=O)n1CC)CC[C@@H](C)C3. The Balaban J connectivity index is 1.79. The van der Waals surface area contributed by atoms with Crippen molar-refractivity contribution in [2.24, 2.45) is 5.92 Å². The van der Waals surface area contributed by atoms with Crippen molar-refractivity contribution in [1.29, 1.82) is 0 Å². The monoisotopic (exact) mass is 422 g/mol. The molecule has 2 aromatic rings. The van der Waals surface area contributed by atoms with Crippen LogP contribution in [0.2, 0.25) is 0 Å². The third kappa shape index (κ3) is 4.41. The molecule has 3 rings (SSSR count). The Morgan fingerprint density at radius 2 is 2.07 bits per heavy atom. The number of hydrogen-bond donors (Lipinski definition) is 2. The van der Waals surface area contributed by atoms with Crippen LogP contribution in [0.15, 0.2) is 9.95 Å². The van der Waals surface area contributed by atoms with Crippen LogP contribution in [0.25, 0.3) is 10.2 Å². The number of carbonyl (C=O) groups excluding carboxylic acids is 2. The Morgan fingerprint density at radius 3 is 2.79 bits per heavy atom. The zero-order valence-corrected chi connectivity index (χ0v) is 18.1. The first kappa shape index (κ1) is 20.9. The number of aryl methyl sites for hydroxylation is 1. The lowest BCUT2D eigenvalue weighted by Crippen LogP contribution is -2.37. The van der Waals surface area contributed by atoms with Crippen LogP contribution >= 0.6 is 23.1 Å². The van der Waals surface area contributed by atoms with E-state index in [1.54, 1.807) is 15.9 Å². The summed E-state index contributed by atoms with van der Waals surface area (Å²) in [6, 6.07) is 0. The smallest absolute Gasteiger partial charge is 0.263 e. The number of nitrogens with one attached hydrogen (secondary N) is 2. The molecule has 0 bridgehead atoms. The summed E-state index contributed by atoms with van der Waals surface area (Å²) in [5, 5.41) is 6.54. The fourth-order valence-corrected chi connectivity index (χ4v) is 5.73.